The molecule has 122 valence electrons. The van der Waals surface area contributed by atoms with Gasteiger partial charge in [-0.25, -0.2) is 9.97 Å². The first-order valence-electron chi connectivity index (χ1n) is 8.21. The Bertz CT molecular complexity index is 646. The van der Waals surface area contributed by atoms with E-state index in [0.29, 0.717) is 18.5 Å². The number of rotatable bonds is 6. The zero-order valence-electron chi connectivity index (χ0n) is 13.6. The second-order valence-corrected chi connectivity index (χ2v) is 6.09. The van der Waals surface area contributed by atoms with Crippen LogP contribution in [0.1, 0.15) is 29.7 Å². The summed E-state index contributed by atoms with van der Waals surface area (Å²) in [6, 6.07) is 10.6. The minimum atomic E-state index is 0.248. The third kappa shape index (κ3) is 4.06. The van der Waals surface area contributed by atoms with E-state index >= 15 is 0 Å². The van der Waals surface area contributed by atoms with Crippen LogP contribution in [0.2, 0.25) is 0 Å². The lowest BCUT2D eigenvalue weighted by Gasteiger charge is -2.24. The van der Waals surface area contributed by atoms with Gasteiger partial charge in [0.25, 0.3) is 0 Å². The second-order valence-electron chi connectivity index (χ2n) is 6.09. The van der Waals surface area contributed by atoms with Crippen molar-refractivity contribution in [2.75, 3.05) is 18.5 Å². The molecular weight excluding hydrogens is 288 g/mol. The molecule has 0 amide bonds. The number of hydrogen-bond acceptors (Lipinski definition) is 5. The first kappa shape index (κ1) is 15.9. The van der Waals surface area contributed by atoms with Gasteiger partial charge in [-0.05, 0) is 43.5 Å². The number of hydrogen-bond donors (Lipinski definition) is 2. The minimum absolute atomic E-state index is 0.248. The summed E-state index contributed by atoms with van der Waals surface area (Å²) in [5.41, 5.74) is 3.51. The fraction of sp³-hybridized carbons (Fsp3) is 0.444. The Labute approximate surface area is 137 Å². The maximum Gasteiger partial charge on any atom is 0.223 e. The van der Waals surface area contributed by atoms with Crippen molar-refractivity contribution in [3.05, 3.63) is 53.3 Å². The fourth-order valence-electron chi connectivity index (χ4n) is 3.12. The van der Waals surface area contributed by atoms with E-state index in [1.165, 1.54) is 17.5 Å². The second kappa shape index (κ2) is 7.53. The average molecular weight is 312 g/mol. The first-order chi connectivity index (χ1) is 11.3. The standard InChI is InChI=1S/C18H24N4O/c1-14-8-9-19-18(21-14)20-11-15-5-2-3-6-16(15)12-22-10-4-7-17(22)13-23/h2-3,5-6,8-9,17,23H,4,7,10-13H2,1H3,(H,19,20,21)/t17-/m0/s1. The van der Waals surface area contributed by atoms with E-state index in [0.717, 1.165) is 25.2 Å². The molecule has 1 aromatic carbocycles. The van der Waals surface area contributed by atoms with Crippen molar-refractivity contribution in [1.29, 1.82) is 0 Å². The van der Waals surface area contributed by atoms with Crippen LogP contribution in [0.4, 0.5) is 5.95 Å². The first-order valence-corrected chi connectivity index (χ1v) is 8.21. The Morgan fingerprint density at radius 1 is 1.26 bits per heavy atom. The van der Waals surface area contributed by atoms with Gasteiger partial charge in [-0.1, -0.05) is 24.3 Å². The van der Waals surface area contributed by atoms with Gasteiger partial charge in [-0.15, -0.1) is 0 Å². The van der Waals surface area contributed by atoms with Gasteiger partial charge in [0.2, 0.25) is 5.95 Å². The molecule has 0 radical (unpaired) electrons. The molecule has 0 saturated carbocycles. The molecule has 1 atom stereocenters. The van der Waals surface area contributed by atoms with Crippen LogP contribution < -0.4 is 5.32 Å². The monoisotopic (exact) mass is 312 g/mol. The average Bonchev–Trinajstić information content (AvgIpc) is 3.01. The maximum absolute atomic E-state index is 9.49. The van der Waals surface area contributed by atoms with Crippen molar-refractivity contribution >= 4 is 5.95 Å². The molecule has 1 saturated heterocycles. The van der Waals surface area contributed by atoms with Crippen LogP contribution >= 0.6 is 0 Å². The Balaban J connectivity index is 1.68. The molecule has 0 spiro atoms. The van der Waals surface area contributed by atoms with Crippen LogP contribution in [0, 0.1) is 6.92 Å². The van der Waals surface area contributed by atoms with Gasteiger partial charge in [-0.2, -0.15) is 0 Å². The van der Waals surface area contributed by atoms with E-state index in [4.69, 9.17) is 0 Å². The van der Waals surface area contributed by atoms with Crippen molar-refractivity contribution < 1.29 is 5.11 Å². The number of aromatic nitrogens is 2. The number of benzene rings is 1. The lowest BCUT2D eigenvalue weighted by Crippen LogP contribution is -2.32. The molecular formula is C18H24N4O. The maximum atomic E-state index is 9.49. The quantitative estimate of drug-likeness (QED) is 0.857. The summed E-state index contributed by atoms with van der Waals surface area (Å²) in [6.45, 7) is 4.86. The van der Waals surface area contributed by atoms with Gasteiger partial charge in [0.05, 0.1) is 6.61 Å². The van der Waals surface area contributed by atoms with Crippen LogP contribution in [0.3, 0.4) is 0 Å². The largest absolute Gasteiger partial charge is 0.395 e. The van der Waals surface area contributed by atoms with Gasteiger partial charge >= 0.3 is 0 Å². The molecule has 0 bridgehead atoms. The molecule has 1 aliphatic rings. The third-order valence-corrected chi connectivity index (χ3v) is 4.43. The third-order valence-electron chi connectivity index (χ3n) is 4.43. The lowest BCUT2D eigenvalue weighted by atomic mass is 10.1. The molecule has 23 heavy (non-hydrogen) atoms. The molecule has 2 aromatic rings. The summed E-state index contributed by atoms with van der Waals surface area (Å²) in [5, 5.41) is 12.8. The lowest BCUT2D eigenvalue weighted by molar-refractivity contribution is 0.153. The van der Waals surface area contributed by atoms with Gasteiger partial charge in [0.1, 0.15) is 0 Å². The smallest absolute Gasteiger partial charge is 0.223 e. The number of likely N-dealkylation sites (tertiary alicyclic amines) is 1. The number of nitrogens with zero attached hydrogens (tertiary/aromatic N) is 3. The number of aliphatic hydroxyl groups is 1. The summed E-state index contributed by atoms with van der Waals surface area (Å²) >= 11 is 0. The zero-order valence-corrected chi connectivity index (χ0v) is 13.6. The van der Waals surface area contributed by atoms with Gasteiger partial charge in [0, 0.05) is 31.0 Å². The normalized spacial score (nSPS) is 18.3. The summed E-state index contributed by atoms with van der Waals surface area (Å²) in [7, 11) is 0. The summed E-state index contributed by atoms with van der Waals surface area (Å²) < 4.78 is 0. The predicted octanol–water partition coefficient (Wildman–Crippen LogP) is 2.35. The zero-order chi connectivity index (χ0) is 16.1. The highest BCUT2D eigenvalue weighted by molar-refractivity contribution is 5.33. The topological polar surface area (TPSA) is 61.3 Å². The number of aryl methyl sites for hydroxylation is 1. The van der Waals surface area contributed by atoms with E-state index in [-0.39, 0.29) is 6.61 Å². The Morgan fingerprint density at radius 2 is 2.09 bits per heavy atom. The van der Waals surface area contributed by atoms with Crippen LogP contribution in [0.15, 0.2) is 36.5 Å². The van der Waals surface area contributed by atoms with Crippen molar-refractivity contribution in [3.8, 4) is 0 Å². The van der Waals surface area contributed by atoms with Crippen LogP contribution in [-0.4, -0.2) is 39.2 Å². The Kier molecular flexibility index (Phi) is 5.20. The van der Waals surface area contributed by atoms with E-state index < -0.39 is 0 Å². The molecule has 5 nitrogen and oxygen atoms in total. The van der Waals surface area contributed by atoms with E-state index in [9.17, 15) is 5.11 Å². The number of aliphatic hydroxyl groups excluding tert-OH is 1. The number of nitrogens with one attached hydrogen (secondary N) is 1. The molecule has 2 N–H and O–H groups in total. The van der Waals surface area contributed by atoms with Crippen LogP contribution in [0.5, 0.6) is 0 Å². The number of anilines is 1. The molecule has 0 aliphatic carbocycles. The highest BCUT2D eigenvalue weighted by Gasteiger charge is 2.24. The van der Waals surface area contributed by atoms with Gasteiger partial charge < -0.3 is 10.4 Å². The van der Waals surface area contributed by atoms with E-state index in [1.807, 2.05) is 13.0 Å². The highest BCUT2D eigenvalue weighted by Crippen LogP contribution is 2.21. The van der Waals surface area contributed by atoms with E-state index in [2.05, 4.69) is 44.5 Å². The van der Waals surface area contributed by atoms with Gasteiger partial charge in [0.15, 0.2) is 0 Å². The molecule has 1 fully saturated rings. The summed E-state index contributed by atoms with van der Waals surface area (Å²) in [5.74, 6) is 0.661. The molecule has 5 heteroatoms. The summed E-state index contributed by atoms with van der Waals surface area (Å²) in [4.78, 5) is 11.0. The molecule has 1 aromatic heterocycles. The minimum Gasteiger partial charge on any atom is -0.395 e. The van der Waals surface area contributed by atoms with Crippen molar-refractivity contribution in [2.45, 2.75) is 38.9 Å². The van der Waals surface area contributed by atoms with Crippen LogP contribution in [-0.2, 0) is 13.1 Å². The molecule has 0 unspecified atom stereocenters. The molecule has 2 heterocycles. The summed E-state index contributed by atoms with van der Waals surface area (Å²) in [6.07, 6.45) is 4.03. The van der Waals surface area contributed by atoms with Crippen LogP contribution in [0.25, 0.3) is 0 Å². The molecule has 3 rings (SSSR count). The molecule has 1 aliphatic heterocycles. The Hall–Kier alpha value is -1.98. The van der Waals surface area contributed by atoms with Crippen molar-refractivity contribution in [1.82, 2.24) is 14.9 Å². The fourth-order valence-corrected chi connectivity index (χ4v) is 3.12. The van der Waals surface area contributed by atoms with E-state index in [1.54, 1.807) is 6.20 Å². The highest BCUT2D eigenvalue weighted by atomic mass is 16.3. The van der Waals surface area contributed by atoms with Crippen molar-refractivity contribution in [3.63, 3.8) is 0 Å². The SMILES string of the molecule is Cc1ccnc(NCc2ccccc2CN2CCC[C@H]2CO)n1. The van der Waals surface area contributed by atoms with Crippen molar-refractivity contribution in [2.24, 2.45) is 0 Å². The van der Waals surface area contributed by atoms with Gasteiger partial charge in [-0.3, -0.25) is 4.90 Å². The predicted molar refractivity (Wildman–Crippen MR) is 91.1 cm³/mol. The Morgan fingerprint density at radius 3 is 2.87 bits per heavy atom.